The zero-order valence-corrected chi connectivity index (χ0v) is 11.1. The molecule has 0 atom stereocenters. The second-order valence-corrected chi connectivity index (χ2v) is 4.25. The third kappa shape index (κ3) is 3.29. The lowest BCUT2D eigenvalue weighted by Gasteiger charge is -2.39. The predicted molar refractivity (Wildman–Crippen MR) is 72.2 cm³/mol. The molecule has 0 unspecified atom stereocenters. The second-order valence-electron chi connectivity index (χ2n) is 4.25. The van der Waals surface area contributed by atoms with Gasteiger partial charge in [-0.15, -0.1) is 18.8 Å². The average molecular weight is 296 g/mol. The van der Waals surface area contributed by atoms with Crippen molar-refractivity contribution in [2.75, 3.05) is 0 Å². The maximum atomic E-state index is 12.3. The zero-order chi connectivity index (χ0) is 16.5. The molecule has 0 aliphatic carbocycles. The van der Waals surface area contributed by atoms with Gasteiger partial charge in [0.05, 0.1) is 18.1 Å². The predicted octanol–water partition coefficient (Wildman–Crippen LogP) is 2.53. The number of rotatable bonds is 8. The van der Waals surface area contributed by atoms with Crippen LogP contribution in [0.3, 0.4) is 0 Å². The Kier molecular flexibility index (Phi) is 6.89. The van der Waals surface area contributed by atoms with Crippen molar-refractivity contribution in [2.45, 2.75) is 19.3 Å². The van der Waals surface area contributed by atoms with Crippen LogP contribution in [0, 0.1) is 35.5 Å². The number of halogens is 2. The van der Waals surface area contributed by atoms with Crippen molar-refractivity contribution in [3.8, 4) is 24.7 Å². The Morgan fingerprint density at radius 1 is 1.05 bits per heavy atom. The van der Waals surface area contributed by atoms with Crippen LogP contribution in [-0.4, -0.2) is 22.2 Å². The molecule has 0 heterocycles. The molecular weight excluding hydrogens is 282 g/mol. The molecule has 112 valence electrons. The Morgan fingerprint density at radius 3 is 1.71 bits per heavy atom. The van der Waals surface area contributed by atoms with E-state index < -0.39 is 42.0 Å². The smallest absolute Gasteiger partial charge is 0.323 e. The molecule has 0 saturated carbocycles. The van der Waals surface area contributed by atoms with E-state index >= 15 is 0 Å². The largest absolute Gasteiger partial charge is 0.480 e. The highest BCUT2D eigenvalue weighted by Crippen LogP contribution is 2.48. The number of hydrogen-bond donors (Lipinski definition) is 2. The molecule has 4 nitrogen and oxygen atoms in total. The molecule has 0 aromatic carbocycles. The first-order valence-corrected chi connectivity index (χ1v) is 5.77. The summed E-state index contributed by atoms with van der Waals surface area (Å²) in [5, 5.41) is 18.8. The molecule has 21 heavy (non-hydrogen) atoms. The molecular formula is C15H14F2O4. The van der Waals surface area contributed by atoms with Gasteiger partial charge in [-0.2, -0.15) is 0 Å². The third-order valence-corrected chi connectivity index (χ3v) is 3.30. The quantitative estimate of drug-likeness (QED) is 0.533. The van der Waals surface area contributed by atoms with Crippen molar-refractivity contribution in [1.82, 2.24) is 0 Å². The Balaban J connectivity index is 6.37. The van der Waals surface area contributed by atoms with E-state index in [0.717, 1.165) is 12.2 Å². The van der Waals surface area contributed by atoms with Gasteiger partial charge in [0, 0.05) is 6.42 Å². The van der Waals surface area contributed by atoms with Crippen molar-refractivity contribution in [1.29, 1.82) is 0 Å². The van der Waals surface area contributed by atoms with Crippen LogP contribution in [-0.2, 0) is 9.59 Å². The van der Waals surface area contributed by atoms with E-state index in [1.807, 2.05) is 5.92 Å². The fourth-order valence-corrected chi connectivity index (χ4v) is 2.14. The van der Waals surface area contributed by atoms with Crippen LogP contribution in [0.25, 0.3) is 0 Å². The van der Waals surface area contributed by atoms with Crippen LogP contribution < -0.4 is 0 Å². The van der Waals surface area contributed by atoms with Crippen LogP contribution in [0.1, 0.15) is 19.3 Å². The highest BCUT2D eigenvalue weighted by Gasteiger charge is 2.60. The molecule has 0 fully saturated rings. The SMILES string of the molecule is C#CCC(C(=O)O)(C(=O)O)C(C#C)(CC=CF)CC=CF. The van der Waals surface area contributed by atoms with Crippen LogP contribution in [0.5, 0.6) is 0 Å². The maximum Gasteiger partial charge on any atom is 0.323 e. The van der Waals surface area contributed by atoms with Crippen molar-refractivity contribution in [3.63, 3.8) is 0 Å². The van der Waals surface area contributed by atoms with E-state index in [0.29, 0.717) is 0 Å². The zero-order valence-electron chi connectivity index (χ0n) is 11.1. The highest BCUT2D eigenvalue weighted by molar-refractivity contribution is 6.00. The van der Waals surface area contributed by atoms with E-state index in [1.54, 1.807) is 0 Å². The Hall–Kier alpha value is -2.60. The Labute approximate surface area is 121 Å². The van der Waals surface area contributed by atoms with Gasteiger partial charge < -0.3 is 10.2 Å². The fraction of sp³-hybridized carbons (Fsp3) is 0.333. The van der Waals surface area contributed by atoms with E-state index in [9.17, 15) is 28.6 Å². The topological polar surface area (TPSA) is 74.6 Å². The average Bonchev–Trinajstić information content (AvgIpc) is 2.45. The summed E-state index contributed by atoms with van der Waals surface area (Å²) in [5.74, 6) is 0.534. The maximum absolute atomic E-state index is 12.3. The molecule has 6 heteroatoms. The van der Waals surface area contributed by atoms with Crippen molar-refractivity contribution in [2.24, 2.45) is 10.8 Å². The summed E-state index contributed by atoms with van der Waals surface area (Å²) in [6.45, 7) is 0. The fourth-order valence-electron chi connectivity index (χ4n) is 2.14. The first-order chi connectivity index (χ1) is 9.88. The first kappa shape index (κ1) is 18.4. The van der Waals surface area contributed by atoms with Gasteiger partial charge in [-0.05, 0) is 12.8 Å². The minimum Gasteiger partial charge on any atom is -0.480 e. The van der Waals surface area contributed by atoms with E-state index in [1.165, 1.54) is 0 Å². The summed E-state index contributed by atoms with van der Waals surface area (Å²) >= 11 is 0. The van der Waals surface area contributed by atoms with Gasteiger partial charge in [0.2, 0.25) is 0 Å². The second kappa shape index (κ2) is 7.86. The van der Waals surface area contributed by atoms with Crippen LogP contribution in [0.4, 0.5) is 8.78 Å². The number of aliphatic carboxylic acids is 2. The van der Waals surface area contributed by atoms with Gasteiger partial charge in [0.25, 0.3) is 0 Å². The minimum atomic E-state index is -2.56. The normalized spacial score (nSPS) is 14.5. The molecule has 0 aromatic heterocycles. The standard InChI is InChI=1S/C15H14F2O4/c1-3-7-15(12(18)19,13(20)21)14(4-2,8-5-10-16)9-6-11-17/h1-2,5-6,10-11H,7-9H2,(H,18,19)(H,20,21). The van der Waals surface area contributed by atoms with E-state index in [2.05, 4.69) is 5.92 Å². The molecule has 0 amide bonds. The monoisotopic (exact) mass is 296 g/mol. The minimum absolute atomic E-state index is 0.107. The van der Waals surface area contributed by atoms with Crippen LogP contribution in [0.2, 0.25) is 0 Å². The van der Waals surface area contributed by atoms with Gasteiger partial charge in [-0.1, -0.05) is 18.1 Å². The molecule has 0 radical (unpaired) electrons. The first-order valence-electron chi connectivity index (χ1n) is 5.77. The summed E-state index contributed by atoms with van der Waals surface area (Å²) in [6, 6.07) is 0. The summed E-state index contributed by atoms with van der Waals surface area (Å²) in [6.07, 6.45) is 10.8. The summed E-state index contributed by atoms with van der Waals surface area (Å²) in [5.41, 5.74) is -4.47. The van der Waals surface area contributed by atoms with Gasteiger partial charge in [0.15, 0.2) is 5.41 Å². The van der Waals surface area contributed by atoms with Crippen molar-refractivity contribution < 1.29 is 28.6 Å². The number of carboxylic acids is 2. The summed E-state index contributed by atoms with van der Waals surface area (Å²) < 4.78 is 24.6. The number of carboxylic acid groups (broad SMARTS) is 2. The van der Waals surface area contributed by atoms with Crippen LogP contribution >= 0.6 is 0 Å². The van der Waals surface area contributed by atoms with Crippen molar-refractivity contribution in [3.05, 3.63) is 24.8 Å². The lowest BCUT2D eigenvalue weighted by Crippen LogP contribution is -2.52. The molecule has 0 spiro atoms. The van der Waals surface area contributed by atoms with Gasteiger partial charge >= 0.3 is 11.9 Å². The van der Waals surface area contributed by atoms with Gasteiger partial charge in [0.1, 0.15) is 0 Å². The molecule has 0 aliphatic rings. The Morgan fingerprint density at radius 2 is 1.48 bits per heavy atom. The molecule has 0 aromatic rings. The number of hydrogen-bond acceptors (Lipinski definition) is 2. The van der Waals surface area contributed by atoms with Gasteiger partial charge in [-0.3, -0.25) is 9.59 Å². The van der Waals surface area contributed by atoms with E-state index in [4.69, 9.17) is 12.8 Å². The summed E-state index contributed by atoms with van der Waals surface area (Å²) in [4.78, 5) is 23.2. The highest BCUT2D eigenvalue weighted by atomic mass is 19.1. The molecule has 0 bridgehead atoms. The van der Waals surface area contributed by atoms with Crippen molar-refractivity contribution >= 4 is 11.9 Å². The molecule has 2 N–H and O–H groups in total. The molecule has 0 saturated heterocycles. The van der Waals surface area contributed by atoms with Crippen LogP contribution in [0.15, 0.2) is 24.8 Å². The summed E-state index contributed by atoms with van der Waals surface area (Å²) in [7, 11) is 0. The number of carbonyl (C=O) groups is 2. The third-order valence-electron chi connectivity index (χ3n) is 3.30. The van der Waals surface area contributed by atoms with E-state index in [-0.39, 0.29) is 12.7 Å². The van der Waals surface area contributed by atoms with Gasteiger partial charge in [-0.25, -0.2) is 8.78 Å². The lowest BCUT2D eigenvalue weighted by molar-refractivity contribution is -0.172. The molecule has 0 aliphatic heterocycles. The number of allylic oxidation sites excluding steroid dienone is 2. The lowest BCUT2D eigenvalue weighted by atomic mass is 9.58. The molecule has 0 rings (SSSR count). The Bertz CT molecular complexity index is 507. The number of terminal acetylenes is 2.